The summed E-state index contributed by atoms with van der Waals surface area (Å²) < 4.78 is 1.06. The summed E-state index contributed by atoms with van der Waals surface area (Å²) in [4.78, 5) is 23.6. The Morgan fingerprint density at radius 2 is 2.00 bits per heavy atom. The number of carbonyl (C=O) groups excluding carboxylic acids is 1. The fourth-order valence-electron chi connectivity index (χ4n) is 2.75. The number of rotatable bonds is 5. The standard InChI is InChI=1S/C16H20INO3/c17-13-8-4-5-11(9-13)10-14(16(20)21)18-15(19)12-6-2-1-3-7-12/h4-5,8-9,12,14H,1-3,6-7,10H2,(H,18,19)(H,20,21)/t14-/m0/s1. The van der Waals surface area contributed by atoms with E-state index in [9.17, 15) is 14.7 Å². The van der Waals surface area contributed by atoms with Crippen molar-refractivity contribution in [1.82, 2.24) is 5.32 Å². The van der Waals surface area contributed by atoms with Crippen molar-refractivity contribution in [2.75, 3.05) is 0 Å². The molecule has 2 rings (SSSR count). The molecule has 0 aliphatic heterocycles. The number of carboxylic acids is 1. The smallest absolute Gasteiger partial charge is 0.326 e. The predicted molar refractivity (Wildman–Crippen MR) is 89.0 cm³/mol. The molecular weight excluding hydrogens is 381 g/mol. The van der Waals surface area contributed by atoms with E-state index >= 15 is 0 Å². The zero-order valence-electron chi connectivity index (χ0n) is 11.8. The molecule has 2 N–H and O–H groups in total. The molecule has 0 radical (unpaired) electrons. The molecule has 5 heteroatoms. The van der Waals surface area contributed by atoms with Gasteiger partial charge in [0.15, 0.2) is 0 Å². The summed E-state index contributed by atoms with van der Waals surface area (Å²) in [5.74, 6) is -1.10. The average Bonchev–Trinajstić information content (AvgIpc) is 2.47. The first kappa shape index (κ1) is 16.3. The van der Waals surface area contributed by atoms with Gasteiger partial charge in [0.2, 0.25) is 5.91 Å². The topological polar surface area (TPSA) is 66.4 Å². The van der Waals surface area contributed by atoms with Crippen LogP contribution in [0.15, 0.2) is 24.3 Å². The molecule has 4 nitrogen and oxygen atoms in total. The zero-order chi connectivity index (χ0) is 15.2. The molecule has 1 amide bonds. The number of carbonyl (C=O) groups is 2. The summed E-state index contributed by atoms with van der Waals surface area (Å²) in [6.45, 7) is 0. The van der Waals surface area contributed by atoms with Gasteiger partial charge in [0.1, 0.15) is 6.04 Å². The second kappa shape index (κ2) is 7.77. The molecule has 21 heavy (non-hydrogen) atoms. The number of carboxylic acid groups (broad SMARTS) is 1. The third-order valence-electron chi connectivity index (χ3n) is 3.92. The molecule has 1 saturated carbocycles. The van der Waals surface area contributed by atoms with Gasteiger partial charge in [-0.05, 0) is 53.1 Å². The van der Waals surface area contributed by atoms with E-state index in [2.05, 4.69) is 27.9 Å². The molecule has 1 aliphatic carbocycles. The average molecular weight is 401 g/mol. The van der Waals surface area contributed by atoms with Crippen molar-refractivity contribution in [1.29, 1.82) is 0 Å². The molecule has 0 spiro atoms. The Kier molecular flexibility index (Phi) is 6.02. The highest BCUT2D eigenvalue weighted by atomic mass is 127. The largest absolute Gasteiger partial charge is 0.480 e. The van der Waals surface area contributed by atoms with Crippen molar-refractivity contribution in [3.63, 3.8) is 0 Å². The van der Waals surface area contributed by atoms with Crippen molar-refractivity contribution in [2.24, 2.45) is 5.92 Å². The second-order valence-electron chi connectivity index (χ2n) is 5.57. The maximum absolute atomic E-state index is 12.2. The number of halogens is 1. The van der Waals surface area contributed by atoms with Gasteiger partial charge >= 0.3 is 5.97 Å². The van der Waals surface area contributed by atoms with Crippen LogP contribution in [-0.4, -0.2) is 23.0 Å². The lowest BCUT2D eigenvalue weighted by molar-refractivity contribution is -0.142. The van der Waals surface area contributed by atoms with Crippen molar-refractivity contribution < 1.29 is 14.7 Å². The fourth-order valence-corrected chi connectivity index (χ4v) is 3.36. The summed E-state index contributed by atoms with van der Waals surface area (Å²) >= 11 is 2.20. The van der Waals surface area contributed by atoms with Gasteiger partial charge in [0, 0.05) is 15.9 Å². The minimum Gasteiger partial charge on any atom is -0.480 e. The highest BCUT2D eigenvalue weighted by molar-refractivity contribution is 14.1. The minimum atomic E-state index is -0.974. The van der Waals surface area contributed by atoms with Crippen molar-refractivity contribution >= 4 is 34.5 Å². The highest BCUT2D eigenvalue weighted by Crippen LogP contribution is 2.23. The Hall–Kier alpha value is -1.11. The van der Waals surface area contributed by atoms with Crippen LogP contribution in [0, 0.1) is 9.49 Å². The summed E-state index contributed by atoms with van der Waals surface area (Å²) in [6, 6.07) is 6.85. The molecule has 1 aliphatic rings. The number of amides is 1. The lowest BCUT2D eigenvalue weighted by atomic mass is 9.88. The summed E-state index contributed by atoms with van der Waals surface area (Å²) in [7, 11) is 0. The zero-order valence-corrected chi connectivity index (χ0v) is 14.0. The quantitative estimate of drug-likeness (QED) is 0.746. The first-order chi connectivity index (χ1) is 10.1. The van der Waals surface area contributed by atoms with E-state index in [4.69, 9.17) is 0 Å². The molecule has 0 aromatic heterocycles. The first-order valence-electron chi connectivity index (χ1n) is 7.34. The SMILES string of the molecule is O=C(N[C@@H](Cc1cccc(I)c1)C(=O)O)C1CCCCC1. The minimum absolute atomic E-state index is 0.0171. The molecule has 0 bridgehead atoms. The molecular formula is C16H20INO3. The van der Waals surface area contributed by atoms with Gasteiger partial charge in [-0.2, -0.15) is 0 Å². The van der Waals surface area contributed by atoms with E-state index in [1.807, 2.05) is 24.3 Å². The van der Waals surface area contributed by atoms with Crippen LogP contribution in [0.25, 0.3) is 0 Å². The maximum Gasteiger partial charge on any atom is 0.326 e. The normalized spacial score (nSPS) is 17.2. The molecule has 0 saturated heterocycles. The van der Waals surface area contributed by atoms with Gasteiger partial charge in [-0.25, -0.2) is 4.79 Å². The van der Waals surface area contributed by atoms with Gasteiger partial charge in [-0.1, -0.05) is 31.4 Å². The first-order valence-corrected chi connectivity index (χ1v) is 8.42. The number of hydrogen-bond acceptors (Lipinski definition) is 2. The number of benzene rings is 1. The number of nitrogens with one attached hydrogen (secondary N) is 1. The predicted octanol–water partition coefficient (Wildman–Crippen LogP) is 2.98. The molecule has 1 aromatic carbocycles. The van der Waals surface area contributed by atoms with E-state index in [-0.39, 0.29) is 11.8 Å². The Morgan fingerprint density at radius 1 is 1.29 bits per heavy atom. The van der Waals surface area contributed by atoms with E-state index in [0.29, 0.717) is 6.42 Å². The summed E-state index contributed by atoms with van der Waals surface area (Å²) in [5.41, 5.74) is 0.929. The van der Waals surface area contributed by atoms with Crippen molar-refractivity contribution in [3.05, 3.63) is 33.4 Å². The van der Waals surface area contributed by atoms with Gasteiger partial charge in [0.25, 0.3) is 0 Å². The van der Waals surface area contributed by atoms with Crippen LogP contribution in [0.3, 0.4) is 0 Å². The van der Waals surface area contributed by atoms with Gasteiger partial charge < -0.3 is 10.4 Å². The third kappa shape index (κ3) is 4.98. The van der Waals surface area contributed by atoms with Gasteiger partial charge in [-0.15, -0.1) is 0 Å². The molecule has 1 atom stereocenters. The van der Waals surface area contributed by atoms with Crippen LogP contribution in [-0.2, 0) is 16.0 Å². The molecule has 0 unspecified atom stereocenters. The summed E-state index contributed by atoms with van der Waals surface area (Å²) in [5, 5.41) is 12.0. The Balaban J connectivity index is 1.98. The molecule has 1 aromatic rings. The van der Waals surface area contributed by atoms with Crippen LogP contribution in [0.4, 0.5) is 0 Å². The third-order valence-corrected chi connectivity index (χ3v) is 4.59. The van der Waals surface area contributed by atoms with Gasteiger partial charge in [0.05, 0.1) is 0 Å². The Morgan fingerprint density at radius 3 is 2.62 bits per heavy atom. The highest BCUT2D eigenvalue weighted by Gasteiger charge is 2.26. The monoisotopic (exact) mass is 401 g/mol. The van der Waals surface area contributed by atoms with Crippen LogP contribution in [0.1, 0.15) is 37.7 Å². The van der Waals surface area contributed by atoms with Crippen LogP contribution < -0.4 is 5.32 Å². The Labute approximate surface area is 138 Å². The van der Waals surface area contributed by atoms with Crippen molar-refractivity contribution in [3.8, 4) is 0 Å². The van der Waals surface area contributed by atoms with E-state index in [0.717, 1.165) is 34.8 Å². The fraction of sp³-hybridized carbons (Fsp3) is 0.500. The number of hydrogen-bond donors (Lipinski definition) is 2. The second-order valence-corrected chi connectivity index (χ2v) is 6.81. The van der Waals surface area contributed by atoms with Crippen LogP contribution >= 0.6 is 22.6 Å². The van der Waals surface area contributed by atoms with E-state index in [1.165, 1.54) is 6.42 Å². The molecule has 114 valence electrons. The number of aliphatic carboxylic acids is 1. The van der Waals surface area contributed by atoms with E-state index < -0.39 is 12.0 Å². The lowest BCUT2D eigenvalue weighted by Gasteiger charge is -2.23. The Bertz CT molecular complexity index is 512. The lowest BCUT2D eigenvalue weighted by Crippen LogP contribution is -2.45. The van der Waals surface area contributed by atoms with Crippen LogP contribution in [0.5, 0.6) is 0 Å². The van der Waals surface area contributed by atoms with Crippen LogP contribution in [0.2, 0.25) is 0 Å². The maximum atomic E-state index is 12.2. The molecule has 0 heterocycles. The summed E-state index contributed by atoms with van der Waals surface area (Å²) in [6.07, 6.45) is 5.38. The van der Waals surface area contributed by atoms with Crippen molar-refractivity contribution in [2.45, 2.75) is 44.6 Å². The van der Waals surface area contributed by atoms with E-state index in [1.54, 1.807) is 0 Å². The molecule has 1 fully saturated rings. The van der Waals surface area contributed by atoms with Gasteiger partial charge in [-0.3, -0.25) is 4.79 Å².